The fraction of sp³-hybridized carbons (Fsp3) is 0.337. The van der Waals surface area contributed by atoms with Crippen LogP contribution in [0.1, 0.15) is 57.0 Å². The summed E-state index contributed by atoms with van der Waals surface area (Å²) in [5.41, 5.74) is 8.19. The van der Waals surface area contributed by atoms with Gasteiger partial charge in [-0.15, -0.1) is 6.58 Å². The van der Waals surface area contributed by atoms with Crippen LogP contribution in [0.3, 0.4) is 0 Å². The van der Waals surface area contributed by atoms with Crippen molar-refractivity contribution in [3.63, 3.8) is 0 Å². The number of ether oxygens (including phenoxy) is 16. The first-order chi connectivity index (χ1) is 50.9. The molecule has 1 unspecified atom stereocenters. The van der Waals surface area contributed by atoms with Gasteiger partial charge in [0, 0.05) is 6.92 Å². The Morgan fingerprint density at radius 3 is 0.864 bits per heavy atom. The molecule has 9 aromatic carbocycles. The largest absolute Gasteiger partial charge is 0.463 e. The van der Waals surface area contributed by atoms with E-state index < -0.39 is 98.1 Å². The van der Waals surface area contributed by atoms with Crippen LogP contribution in [0, 0.1) is 0 Å². The molecule has 0 bridgehead atoms. The number of rotatable bonds is 38. The minimum Gasteiger partial charge on any atom is -0.463 e. The second-order valence-corrected chi connectivity index (χ2v) is 25.6. The molecular formula is C86H92O17. The van der Waals surface area contributed by atoms with Crippen LogP contribution in [0.4, 0.5) is 0 Å². The molecule has 0 N–H and O–H groups in total. The van der Waals surface area contributed by atoms with E-state index in [1.165, 1.54) is 6.92 Å². The number of benzene rings is 9. The van der Waals surface area contributed by atoms with E-state index in [9.17, 15) is 4.79 Å². The number of carbonyl (C=O) groups is 1. The summed E-state index contributed by atoms with van der Waals surface area (Å²) >= 11 is 0. The molecule has 12 rings (SSSR count). The zero-order valence-electron chi connectivity index (χ0n) is 58.1. The molecule has 3 aliphatic heterocycles. The summed E-state index contributed by atoms with van der Waals surface area (Å²) in [5, 5.41) is 0. The van der Waals surface area contributed by atoms with Crippen molar-refractivity contribution in [1.82, 2.24) is 0 Å². The molecule has 3 fully saturated rings. The van der Waals surface area contributed by atoms with E-state index in [1.54, 1.807) is 6.08 Å². The van der Waals surface area contributed by atoms with Crippen LogP contribution in [0.25, 0.3) is 0 Å². The molecule has 0 spiro atoms. The molecule has 103 heavy (non-hydrogen) atoms. The van der Waals surface area contributed by atoms with E-state index in [0.717, 1.165) is 50.1 Å². The van der Waals surface area contributed by atoms with Crippen LogP contribution in [-0.4, -0.2) is 125 Å². The van der Waals surface area contributed by atoms with E-state index in [0.29, 0.717) is 0 Å². The molecule has 0 saturated carbocycles. The highest BCUT2D eigenvalue weighted by molar-refractivity contribution is 5.65. The van der Waals surface area contributed by atoms with Gasteiger partial charge in [-0.05, 0) is 50.1 Å². The van der Waals surface area contributed by atoms with E-state index in [-0.39, 0.29) is 85.9 Å². The maximum atomic E-state index is 13.1. The van der Waals surface area contributed by atoms with Crippen LogP contribution < -0.4 is 0 Å². The van der Waals surface area contributed by atoms with Gasteiger partial charge < -0.3 is 75.8 Å². The van der Waals surface area contributed by atoms with E-state index >= 15 is 0 Å². The zero-order chi connectivity index (χ0) is 70.5. The molecule has 15 atom stereocenters. The summed E-state index contributed by atoms with van der Waals surface area (Å²) in [7, 11) is 0. The van der Waals surface area contributed by atoms with Gasteiger partial charge in [0.05, 0.1) is 79.3 Å². The molecule has 3 aliphatic rings. The third-order valence-corrected chi connectivity index (χ3v) is 18.0. The molecule has 17 nitrogen and oxygen atoms in total. The van der Waals surface area contributed by atoms with Crippen LogP contribution in [0.5, 0.6) is 0 Å². The summed E-state index contributed by atoms with van der Waals surface area (Å²) in [4.78, 5) is 13.1. The molecule has 3 saturated heterocycles. The topological polar surface area (TPSA) is 165 Å². The van der Waals surface area contributed by atoms with Gasteiger partial charge in [0.25, 0.3) is 0 Å². The summed E-state index contributed by atoms with van der Waals surface area (Å²) in [6.07, 6.45) is -13.7. The lowest BCUT2D eigenvalue weighted by Crippen LogP contribution is -2.67. The molecule has 0 aromatic heterocycles. The molecule has 17 heteroatoms. The Morgan fingerprint density at radius 1 is 0.291 bits per heavy atom. The molecular weight excluding hydrogens is 1300 g/mol. The molecule has 3 heterocycles. The van der Waals surface area contributed by atoms with Crippen molar-refractivity contribution in [3.05, 3.63) is 336 Å². The average Bonchev–Trinajstić information content (AvgIpc) is 0.766. The Morgan fingerprint density at radius 2 is 0.544 bits per heavy atom. The maximum absolute atomic E-state index is 13.1. The van der Waals surface area contributed by atoms with Gasteiger partial charge in [0.1, 0.15) is 79.9 Å². The number of hydrogen-bond acceptors (Lipinski definition) is 17. The molecule has 9 aromatic rings. The third-order valence-electron chi connectivity index (χ3n) is 18.0. The van der Waals surface area contributed by atoms with E-state index in [2.05, 4.69) is 6.58 Å². The van der Waals surface area contributed by atoms with Gasteiger partial charge >= 0.3 is 5.97 Å². The predicted molar refractivity (Wildman–Crippen MR) is 386 cm³/mol. The Balaban J connectivity index is 0.976. The summed E-state index contributed by atoms with van der Waals surface area (Å²) in [6.45, 7) is 6.52. The van der Waals surface area contributed by atoms with E-state index in [4.69, 9.17) is 75.8 Å². The third kappa shape index (κ3) is 22.3. The van der Waals surface area contributed by atoms with Crippen molar-refractivity contribution in [1.29, 1.82) is 0 Å². The minimum absolute atomic E-state index is 0.0190. The van der Waals surface area contributed by atoms with Crippen LogP contribution >= 0.6 is 0 Å². The monoisotopic (exact) mass is 1400 g/mol. The van der Waals surface area contributed by atoms with Gasteiger partial charge in [0.2, 0.25) is 0 Å². The first-order valence-corrected chi connectivity index (χ1v) is 35.3. The average molecular weight is 1400 g/mol. The zero-order valence-corrected chi connectivity index (χ0v) is 58.1. The Bertz CT molecular complexity index is 3820. The smallest absolute Gasteiger partial charge is 0.302 e. The highest BCUT2D eigenvalue weighted by Crippen LogP contribution is 2.39. The van der Waals surface area contributed by atoms with Gasteiger partial charge in [-0.1, -0.05) is 279 Å². The summed E-state index contributed by atoms with van der Waals surface area (Å²) in [5.74, 6) is -0.524. The first kappa shape index (κ1) is 74.3. The first-order valence-electron chi connectivity index (χ1n) is 35.3. The van der Waals surface area contributed by atoms with Crippen molar-refractivity contribution in [3.8, 4) is 0 Å². The number of hydrogen-bond donors (Lipinski definition) is 0. The van der Waals surface area contributed by atoms with Crippen LogP contribution in [-0.2, 0) is 140 Å². The SMILES string of the molecule is C=CCOC1O[C@H](CO[C@H]2O[C@H](COCc3ccccc3)[C@@H](OCc3ccccc3)[C@H](OCc3ccccc3)[C@@H]2O[C@H]2O[C@H](COC(C)=O)[C@@H](OCc3ccccc3)[C@H](OCc3ccccc3)[C@@H]2OCc2ccccc2)[C@@H](OCc2ccccc2)[C@@H](OCc2ccccc2)[C@@H]1OCc1ccccc1. The number of esters is 1. The lowest BCUT2D eigenvalue weighted by molar-refractivity contribution is -0.388. The lowest BCUT2D eigenvalue weighted by Gasteiger charge is -2.50. The fourth-order valence-electron chi connectivity index (χ4n) is 12.8. The Labute approximate surface area is 604 Å². The van der Waals surface area contributed by atoms with Crippen molar-refractivity contribution in [2.45, 2.75) is 159 Å². The normalized spacial score (nSPS) is 24.8. The van der Waals surface area contributed by atoms with Gasteiger partial charge in [-0.3, -0.25) is 4.79 Å². The molecule has 538 valence electrons. The Hall–Kier alpha value is -8.41. The van der Waals surface area contributed by atoms with Crippen molar-refractivity contribution < 1.29 is 80.6 Å². The fourth-order valence-corrected chi connectivity index (χ4v) is 12.8. The maximum Gasteiger partial charge on any atom is 0.302 e. The van der Waals surface area contributed by atoms with Gasteiger partial charge in [-0.2, -0.15) is 0 Å². The van der Waals surface area contributed by atoms with Crippen LogP contribution in [0.15, 0.2) is 286 Å². The molecule has 0 amide bonds. The highest BCUT2D eigenvalue weighted by Gasteiger charge is 2.56. The van der Waals surface area contributed by atoms with E-state index in [1.807, 2.05) is 273 Å². The Kier molecular flexibility index (Phi) is 28.9. The molecule has 0 radical (unpaired) electrons. The highest BCUT2D eigenvalue weighted by atomic mass is 16.8. The quantitative estimate of drug-likeness (QED) is 0.0265. The number of carbonyl (C=O) groups excluding carboxylic acids is 1. The summed E-state index contributed by atoms with van der Waals surface area (Å²) < 4.78 is 114. The lowest BCUT2D eigenvalue weighted by atomic mass is 9.95. The van der Waals surface area contributed by atoms with Crippen molar-refractivity contribution >= 4 is 5.97 Å². The molecule has 0 aliphatic carbocycles. The minimum atomic E-state index is -1.37. The summed E-state index contributed by atoms with van der Waals surface area (Å²) in [6, 6.07) is 89.0. The van der Waals surface area contributed by atoms with Gasteiger partial charge in [-0.25, -0.2) is 0 Å². The van der Waals surface area contributed by atoms with Crippen molar-refractivity contribution in [2.75, 3.05) is 26.4 Å². The standard InChI is InChI=1S/C86H92O17/c1-3-49-89-84-81(97-57-70-45-27-11-28-46-70)78(94-54-67-39-21-8-22-40-67)77(93-53-66-37-19-7-20-38-66)74(101-84)61-99-85-83(80(96-56-69-43-25-10-26-44-69)75(91-51-64-33-15-5-16-34-64)72(100-85)59-88-50-63-31-13-4-14-32-63)103-86-82(98-58-71-47-29-12-30-48-71)79(95-55-68-41-23-9-24-42-68)76(73(102-86)60-90-62(2)87)92-52-65-35-17-6-18-36-65/h3-48,72-86H,1,49-61H2,2H3/t72-,73-,74-,75-,76-,77-,78-,79+,80+,81+,82+,83+,84?,85+,86-/m1/s1. The van der Waals surface area contributed by atoms with Gasteiger partial charge in [0.15, 0.2) is 18.9 Å². The predicted octanol–water partition coefficient (Wildman–Crippen LogP) is 14.2. The van der Waals surface area contributed by atoms with Crippen molar-refractivity contribution in [2.24, 2.45) is 0 Å². The second-order valence-electron chi connectivity index (χ2n) is 25.6. The second kappa shape index (κ2) is 40.0. The van der Waals surface area contributed by atoms with Crippen LogP contribution in [0.2, 0.25) is 0 Å².